The normalized spacial score (nSPS) is 22.4. The number of aromatic amines is 1. The Morgan fingerprint density at radius 3 is 2.56 bits per heavy atom. The number of piperazine rings is 1. The highest BCUT2D eigenvalue weighted by Gasteiger charge is 2.42. The summed E-state index contributed by atoms with van der Waals surface area (Å²) in [4.78, 5) is 32.1. The first kappa shape index (κ1) is 29.0. The van der Waals surface area contributed by atoms with Crippen LogP contribution in [0.4, 0.5) is 38.9 Å². The number of nitrogens with one attached hydrogen (secondary N) is 2. The number of carbonyl (C=O) groups is 1. The molecule has 4 aromatic rings. The summed E-state index contributed by atoms with van der Waals surface area (Å²) in [5.74, 6) is 1.07. The third-order valence-electron chi connectivity index (χ3n) is 9.57. The average molecular weight is 609 g/mol. The van der Waals surface area contributed by atoms with Crippen LogP contribution in [0.1, 0.15) is 45.1 Å². The molecule has 7 rings (SSSR count). The minimum Gasteiger partial charge on any atom is -0.368 e. The number of carbonyl (C=O) groups excluding carboxylic acids is 1. The number of likely N-dealkylation sites (N-methyl/N-ethyl adjacent to an activating group) is 1. The van der Waals surface area contributed by atoms with Gasteiger partial charge in [-0.25, -0.2) is 9.37 Å². The summed E-state index contributed by atoms with van der Waals surface area (Å²) in [7, 11) is 2.10. The Balaban J connectivity index is 1.28. The standard InChI is InChI=1S/C33H37FN10O/c1-20-4-6-25(7-5-20)43-21(2)32(45)44(26-8-9-28(22(15-26)17-35)42-12-10-41(3)11-13-42)29-19-36-33(39-31(29)43)38-24-14-23-18-37-40-30(23)27(34)16-24/h8-9,14-16,18-21,25H,4-7,10-13H2,1-3H3,(H,37,40)(H,36,38,39)/t20?,21-,25?/m1/s1. The molecular formula is C33H37FN10O. The molecule has 2 aromatic carbocycles. The monoisotopic (exact) mass is 608 g/mol. The number of amides is 1. The van der Waals surface area contributed by atoms with Gasteiger partial charge in [-0.3, -0.25) is 14.8 Å². The molecule has 2 aromatic heterocycles. The van der Waals surface area contributed by atoms with Crippen molar-refractivity contribution in [1.29, 1.82) is 5.26 Å². The molecule has 2 aliphatic heterocycles. The van der Waals surface area contributed by atoms with E-state index in [9.17, 15) is 14.4 Å². The van der Waals surface area contributed by atoms with Crippen molar-refractivity contribution in [2.24, 2.45) is 5.92 Å². The summed E-state index contributed by atoms with van der Waals surface area (Å²) in [5, 5.41) is 20.6. The van der Waals surface area contributed by atoms with Gasteiger partial charge < -0.3 is 20.0 Å². The molecule has 1 amide bonds. The van der Waals surface area contributed by atoms with Gasteiger partial charge in [-0.15, -0.1) is 0 Å². The van der Waals surface area contributed by atoms with Crippen LogP contribution >= 0.6 is 0 Å². The van der Waals surface area contributed by atoms with E-state index in [-0.39, 0.29) is 11.9 Å². The lowest BCUT2D eigenvalue weighted by Gasteiger charge is -2.46. The number of halogens is 1. The zero-order chi connectivity index (χ0) is 31.2. The Kier molecular flexibility index (Phi) is 7.49. The molecular weight excluding hydrogens is 571 g/mol. The van der Waals surface area contributed by atoms with Crippen LogP contribution in [-0.4, -0.2) is 76.3 Å². The molecule has 11 nitrogen and oxygen atoms in total. The summed E-state index contributed by atoms with van der Waals surface area (Å²) in [6, 6.07) is 10.9. The number of H-pyrrole nitrogens is 1. The summed E-state index contributed by atoms with van der Waals surface area (Å²) >= 11 is 0. The van der Waals surface area contributed by atoms with E-state index in [4.69, 9.17) is 4.98 Å². The summed E-state index contributed by atoms with van der Waals surface area (Å²) in [6.07, 6.45) is 7.32. The fraction of sp³-hybridized carbons (Fsp3) is 0.424. The van der Waals surface area contributed by atoms with Gasteiger partial charge in [-0.2, -0.15) is 15.3 Å². The van der Waals surface area contributed by atoms with Crippen LogP contribution < -0.4 is 20.0 Å². The van der Waals surface area contributed by atoms with E-state index in [2.05, 4.69) is 55.2 Å². The van der Waals surface area contributed by atoms with Crippen molar-refractivity contribution in [2.45, 2.75) is 51.6 Å². The Hall–Kier alpha value is -4.76. The second-order valence-corrected chi connectivity index (χ2v) is 12.6. The van der Waals surface area contributed by atoms with Crippen molar-refractivity contribution >= 4 is 51.3 Å². The maximum absolute atomic E-state index is 14.7. The molecule has 1 saturated carbocycles. The van der Waals surface area contributed by atoms with E-state index >= 15 is 0 Å². The van der Waals surface area contributed by atoms with E-state index < -0.39 is 11.9 Å². The van der Waals surface area contributed by atoms with Crippen LogP contribution in [0.15, 0.2) is 42.7 Å². The van der Waals surface area contributed by atoms with Crippen molar-refractivity contribution in [2.75, 3.05) is 53.2 Å². The number of benzene rings is 2. The van der Waals surface area contributed by atoms with E-state index in [0.717, 1.165) is 57.5 Å². The lowest BCUT2D eigenvalue weighted by molar-refractivity contribution is -0.119. The third kappa shape index (κ3) is 5.31. The van der Waals surface area contributed by atoms with E-state index in [0.29, 0.717) is 51.2 Å². The summed E-state index contributed by atoms with van der Waals surface area (Å²) in [5.41, 5.74) is 3.41. The maximum Gasteiger partial charge on any atom is 0.254 e. The molecule has 45 heavy (non-hydrogen) atoms. The molecule has 0 unspecified atom stereocenters. The highest BCUT2D eigenvalue weighted by atomic mass is 19.1. The fourth-order valence-electron chi connectivity index (χ4n) is 6.95. The second-order valence-electron chi connectivity index (χ2n) is 12.6. The highest BCUT2D eigenvalue weighted by molar-refractivity contribution is 6.10. The predicted molar refractivity (Wildman–Crippen MR) is 173 cm³/mol. The smallest absolute Gasteiger partial charge is 0.254 e. The molecule has 0 spiro atoms. The van der Waals surface area contributed by atoms with Gasteiger partial charge in [0.2, 0.25) is 5.95 Å². The first-order chi connectivity index (χ1) is 21.8. The lowest BCUT2D eigenvalue weighted by Crippen LogP contribution is -2.55. The molecule has 0 radical (unpaired) electrons. The molecule has 4 heterocycles. The largest absolute Gasteiger partial charge is 0.368 e. The van der Waals surface area contributed by atoms with Crippen LogP contribution in [-0.2, 0) is 4.79 Å². The molecule has 2 N–H and O–H groups in total. The predicted octanol–water partition coefficient (Wildman–Crippen LogP) is 5.31. The molecule has 1 saturated heterocycles. The van der Waals surface area contributed by atoms with Crippen molar-refractivity contribution in [3.05, 3.63) is 54.1 Å². The number of nitriles is 1. The lowest BCUT2D eigenvalue weighted by atomic mass is 9.85. The topological polar surface area (TPSA) is 120 Å². The van der Waals surface area contributed by atoms with Crippen molar-refractivity contribution < 1.29 is 9.18 Å². The number of hydrogen-bond acceptors (Lipinski definition) is 9. The Morgan fingerprint density at radius 2 is 1.80 bits per heavy atom. The molecule has 1 atom stereocenters. The Bertz CT molecular complexity index is 1780. The Labute approximate surface area is 261 Å². The van der Waals surface area contributed by atoms with Gasteiger partial charge in [0, 0.05) is 43.3 Å². The van der Waals surface area contributed by atoms with Crippen LogP contribution in [0, 0.1) is 23.1 Å². The number of fused-ring (bicyclic) bond motifs is 2. The molecule has 12 heteroatoms. The number of rotatable bonds is 5. The van der Waals surface area contributed by atoms with Crippen molar-refractivity contribution in [3.63, 3.8) is 0 Å². The zero-order valence-electron chi connectivity index (χ0n) is 25.8. The minimum atomic E-state index is -0.485. The molecule has 2 fully saturated rings. The quantitative estimate of drug-likeness (QED) is 0.311. The molecule has 0 bridgehead atoms. The Morgan fingerprint density at radius 1 is 1.02 bits per heavy atom. The third-order valence-corrected chi connectivity index (χ3v) is 9.57. The fourth-order valence-corrected chi connectivity index (χ4v) is 6.95. The molecule has 1 aliphatic carbocycles. The average Bonchev–Trinajstić information content (AvgIpc) is 3.52. The maximum atomic E-state index is 14.7. The van der Waals surface area contributed by atoms with E-state index in [1.165, 1.54) is 6.07 Å². The van der Waals surface area contributed by atoms with Gasteiger partial charge in [-0.05, 0) is 75.9 Å². The molecule has 232 valence electrons. The van der Waals surface area contributed by atoms with Gasteiger partial charge >= 0.3 is 0 Å². The number of anilines is 6. The highest BCUT2D eigenvalue weighted by Crippen LogP contribution is 2.44. The van der Waals surface area contributed by atoms with Gasteiger partial charge in [0.1, 0.15) is 23.3 Å². The van der Waals surface area contributed by atoms with Gasteiger partial charge in [0.25, 0.3) is 5.91 Å². The van der Waals surface area contributed by atoms with Crippen molar-refractivity contribution in [3.8, 4) is 6.07 Å². The SMILES string of the molecule is CC1CCC(N2c3nc(Nc4cc(F)c5[nH]ncc5c4)ncc3N(c3ccc(N4CCN(C)CC4)c(C#N)c3)C(=O)[C@H]2C)CC1. The number of aromatic nitrogens is 4. The van der Waals surface area contributed by atoms with Gasteiger partial charge in [0.15, 0.2) is 11.6 Å². The van der Waals surface area contributed by atoms with Crippen LogP contribution in [0.5, 0.6) is 0 Å². The van der Waals surface area contributed by atoms with E-state index in [1.54, 1.807) is 29.4 Å². The first-order valence-electron chi connectivity index (χ1n) is 15.7. The van der Waals surface area contributed by atoms with Crippen molar-refractivity contribution in [1.82, 2.24) is 25.1 Å². The van der Waals surface area contributed by atoms with Gasteiger partial charge in [-0.1, -0.05) is 6.92 Å². The zero-order valence-corrected chi connectivity index (χ0v) is 25.8. The van der Waals surface area contributed by atoms with Crippen LogP contribution in [0.2, 0.25) is 0 Å². The second kappa shape index (κ2) is 11.6. The van der Waals surface area contributed by atoms with E-state index in [1.807, 2.05) is 19.1 Å². The first-order valence-corrected chi connectivity index (χ1v) is 15.7. The summed E-state index contributed by atoms with van der Waals surface area (Å²) in [6.45, 7) is 7.72. The number of hydrogen-bond donors (Lipinski definition) is 2. The molecule has 3 aliphatic rings. The number of nitrogens with zero attached hydrogens (tertiary/aromatic N) is 8. The van der Waals surface area contributed by atoms with Crippen LogP contribution in [0.25, 0.3) is 10.9 Å². The summed E-state index contributed by atoms with van der Waals surface area (Å²) < 4.78 is 14.7. The minimum absolute atomic E-state index is 0.0888. The van der Waals surface area contributed by atoms with Gasteiger partial charge in [0.05, 0.1) is 29.3 Å². The van der Waals surface area contributed by atoms with Crippen LogP contribution in [0.3, 0.4) is 0 Å².